The Morgan fingerprint density at radius 2 is 2.04 bits per heavy atom. The maximum atomic E-state index is 4.82. The maximum absolute atomic E-state index is 4.82. The van der Waals surface area contributed by atoms with Gasteiger partial charge in [-0.3, -0.25) is 4.98 Å². The summed E-state index contributed by atoms with van der Waals surface area (Å²) in [5.41, 5.74) is 5.90. The van der Waals surface area contributed by atoms with Crippen LogP contribution in [0.3, 0.4) is 0 Å². The Labute approximate surface area is 142 Å². The third kappa shape index (κ3) is 1.94. The van der Waals surface area contributed by atoms with Gasteiger partial charge < -0.3 is 9.88 Å². The van der Waals surface area contributed by atoms with Crippen LogP contribution in [-0.2, 0) is 6.54 Å². The summed E-state index contributed by atoms with van der Waals surface area (Å²) in [7, 11) is 0. The van der Waals surface area contributed by atoms with Gasteiger partial charge in [-0.1, -0.05) is 22.7 Å². The number of pyridine rings is 1. The molecule has 0 unspecified atom stereocenters. The van der Waals surface area contributed by atoms with Crippen LogP contribution < -0.4 is 5.32 Å². The molecule has 0 amide bonds. The standard InChI is InChI=1S/C17H14N6S/c1-10-4-2-6-12(19-10)14-15(23-9-8-18-17(23)20-14)11-5-3-7-13-16(11)24-22-21-13/h2-7H,8-9H2,1H3,(H,18,20). The van der Waals surface area contributed by atoms with Crippen LogP contribution >= 0.6 is 11.5 Å². The first kappa shape index (κ1) is 13.6. The molecule has 0 atom stereocenters. The van der Waals surface area contributed by atoms with Gasteiger partial charge in [-0.05, 0) is 36.7 Å². The molecule has 1 N–H and O–H groups in total. The molecule has 0 bridgehead atoms. The predicted octanol–water partition coefficient (Wildman–Crippen LogP) is 3.35. The van der Waals surface area contributed by atoms with E-state index in [2.05, 4.69) is 30.5 Å². The number of aromatic nitrogens is 5. The molecule has 4 aromatic rings. The number of nitrogens with one attached hydrogen (secondary N) is 1. The van der Waals surface area contributed by atoms with Gasteiger partial charge in [0, 0.05) is 24.3 Å². The number of anilines is 1. The van der Waals surface area contributed by atoms with Crippen LogP contribution in [-0.4, -0.2) is 30.7 Å². The van der Waals surface area contributed by atoms with E-state index < -0.39 is 0 Å². The molecular formula is C17H14N6S. The van der Waals surface area contributed by atoms with Gasteiger partial charge in [0.05, 0.1) is 16.1 Å². The monoisotopic (exact) mass is 334 g/mol. The number of nitrogens with zero attached hydrogens (tertiary/aromatic N) is 5. The largest absolute Gasteiger partial charge is 0.354 e. The minimum Gasteiger partial charge on any atom is -0.354 e. The van der Waals surface area contributed by atoms with Crippen LogP contribution in [0.5, 0.6) is 0 Å². The zero-order valence-corrected chi connectivity index (χ0v) is 13.8. The summed E-state index contributed by atoms with van der Waals surface area (Å²) < 4.78 is 7.43. The molecule has 0 spiro atoms. The summed E-state index contributed by atoms with van der Waals surface area (Å²) in [6.07, 6.45) is 0. The minimum absolute atomic E-state index is 0.892. The van der Waals surface area contributed by atoms with E-state index in [-0.39, 0.29) is 0 Å². The molecule has 5 rings (SSSR count). The van der Waals surface area contributed by atoms with E-state index in [4.69, 9.17) is 4.98 Å². The molecule has 0 radical (unpaired) electrons. The van der Waals surface area contributed by atoms with Gasteiger partial charge in [-0.25, -0.2) is 4.98 Å². The van der Waals surface area contributed by atoms with Crippen LogP contribution in [0.4, 0.5) is 5.95 Å². The Balaban J connectivity index is 1.83. The van der Waals surface area contributed by atoms with Crippen molar-refractivity contribution in [3.8, 4) is 22.6 Å². The quantitative estimate of drug-likeness (QED) is 0.609. The van der Waals surface area contributed by atoms with Gasteiger partial charge in [0.2, 0.25) is 5.95 Å². The zero-order chi connectivity index (χ0) is 16.1. The van der Waals surface area contributed by atoms with E-state index >= 15 is 0 Å². The molecular weight excluding hydrogens is 320 g/mol. The molecule has 1 aliphatic rings. The third-order valence-corrected chi connectivity index (χ3v) is 5.02. The van der Waals surface area contributed by atoms with Crippen LogP contribution in [0.1, 0.15) is 5.69 Å². The van der Waals surface area contributed by atoms with E-state index in [0.29, 0.717) is 0 Å². The number of hydrogen-bond donors (Lipinski definition) is 1. The minimum atomic E-state index is 0.892. The second kappa shape index (κ2) is 5.10. The van der Waals surface area contributed by atoms with Crippen LogP contribution in [0.15, 0.2) is 36.4 Å². The summed E-state index contributed by atoms with van der Waals surface area (Å²) in [6, 6.07) is 12.2. The van der Waals surface area contributed by atoms with Crippen molar-refractivity contribution < 1.29 is 0 Å². The highest BCUT2D eigenvalue weighted by Gasteiger charge is 2.25. The van der Waals surface area contributed by atoms with Crippen molar-refractivity contribution in [2.24, 2.45) is 0 Å². The predicted molar refractivity (Wildman–Crippen MR) is 95.1 cm³/mol. The van der Waals surface area contributed by atoms with Crippen molar-refractivity contribution >= 4 is 27.7 Å². The molecule has 7 heteroatoms. The van der Waals surface area contributed by atoms with Crippen molar-refractivity contribution in [1.82, 2.24) is 24.1 Å². The summed E-state index contributed by atoms with van der Waals surface area (Å²) in [5.74, 6) is 0.901. The average Bonchev–Trinajstić information content (AvgIpc) is 3.29. The fourth-order valence-electron chi connectivity index (χ4n) is 3.20. The van der Waals surface area contributed by atoms with Crippen LogP contribution in [0.2, 0.25) is 0 Å². The number of rotatable bonds is 2. The number of benzene rings is 1. The second-order valence-electron chi connectivity index (χ2n) is 5.80. The molecule has 0 aliphatic carbocycles. The molecule has 24 heavy (non-hydrogen) atoms. The average molecular weight is 334 g/mol. The fourth-order valence-corrected chi connectivity index (χ4v) is 3.88. The molecule has 6 nitrogen and oxygen atoms in total. The van der Waals surface area contributed by atoms with E-state index in [1.807, 2.05) is 37.3 Å². The van der Waals surface area contributed by atoms with Gasteiger partial charge in [0.15, 0.2) is 0 Å². The van der Waals surface area contributed by atoms with Crippen molar-refractivity contribution in [2.45, 2.75) is 13.5 Å². The number of fused-ring (bicyclic) bond motifs is 2. The van der Waals surface area contributed by atoms with Gasteiger partial charge in [-0.15, -0.1) is 5.10 Å². The van der Waals surface area contributed by atoms with Gasteiger partial charge >= 0.3 is 0 Å². The highest BCUT2D eigenvalue weighted by Crippen LogP contribution is 2.39. The van der Waals surface area contributed by atoms with Crippen molar-refractivity contribution in [2.75, 3.05) is 11.9 Å². The van der Waals surface area contributed by atoms with E-state index in [1.54, 1.807) is 0 Å². The first-order chi connectivity index (χ1) is 11.8. The molecule has 1 aliphatic heterocycles. The van der Waals surface area contributed by atoms with E-state index in [0.717, 1.165) is 57.6 Å². The Morgan fingerprint density at radius 1 is 1.12 bits per heavy atom. The highest BCUT2D eigenvalue weighted by molar-refractivity contribution is 7.13. The van der Waals surface area contributed by atoms with E-state index in [1.165, 1.54) is 11.5 Å². The lowest BCUT2D eigenvalue weighted by Crippen LogP contribution is -1.99. The summed E-state index contributed by atoms with van der Waals surface area (Å²) in [6.45, 7) is 3.79. The van der Waals surface area contributed by atoms with Gasteiger partial charge in [0.1, 0.15) is 11.2 Å². The maximum Gasteiger partial charge on any atom is 0.204 e. The molecule has 118 valence electrons. The smallest absolute Gasteiger partial charge is 0.204 e. The van der Waals surface area contributed by atoms with E-state index in [9.17, 15) is 0 Å². The van der Waals surface area contributed by atoms with Crippen LogP contribution in [0.25, 0.3) is 32.9 Å². The summed E-state index contributed by atoms with van der Waals surface area (Å²) in [5, 5.41) is 7.56. The molecule has 0 fully saturated rings. The van der Waals surface area contributed by atoms with Crippen molar-refractivity contribution in [3.05, 3.63) is 42.1 Å². The topological polar surface area (TPSA) is 68.5 Å². The van der Waals surface area contributed by atoms with Crippen molar-refractivity contribution in [1.29, 1.82) is 0 Å². The first-order valence-corrected chi connectivity index (χ1v) is 8.58. The van der Waals surface area contributed by atoms with Gasteiger partial charge in [0.25, 0.3) is 0 Å². The Morgan fingerprint density at radius 3 is 2.96 bits per heavy atom. The summed E-state index contributed by atoms with van der Waals surface area (Å²) >= 11 is 1.42. The van der Waals surface area contributed by atoms with Crippen molar-refractivity contribution in [3.63, 3.8) is 0 Å². The normalized spacial score (nSPS) is 13.2. The number of hydrogen-bond acceptors (Lipinski definition) is 6. The Kier molecular flexibility index (Phi) is 2.90. The Hall–Kier alpha value is -2.80. The van der Waals surface area contributed by atoms with Gasteiger partial charge in [-0.2, -0.15) is 0 Å². The third-order valence-electron chi connectivity index (χ3n) is 4.25. The molecule has 3 aromatic heterocycles. The summed E-state index contributed by atoms with van der Waals surface area (Å²) in [4.78, 5) is 9.50. The highest BCUT2D eigenvalue weighted by atomic mass is 32.1. The number of imidazole rings is 1. The lowest BCUT2D eigenvalue weighted by molar-refractivity contribution is 0.818. The second-order valence-corrected chi connectivity index (χ2v) is 6.56. The lowest BCUT2D eigenvalue weighted by atomic mass is 10.1. The van der Waals surface area contributed by atoms with Crippen LogP contribution in [0, 0.1) is 6.92 Å². The molecule has 0 saturated heterocycles. The lowest BCUT2D eigenvalue weighted by Gasteiger charge is -2.08. The first-order valence-electron chi connectivity index (χ1n) is 7.81. The Bertz CT molecular complexity index is 1060. The molecule has 4 heterocycles. The number of aryl methyl sites for hydroxylation is 1. The molecule has 1 aromatic carbocycles. The zero-order valence-electron chi connectivity index (χ0n) is 13.0. The molecule has 0 saturated carbocycles. The fraction of sp³-hybridized carbons (Fsp3) is 0.176. The SMILES string of the molecule is Cc1cccc(-c2nc3n(c2-c2cccc4nnsc24)CCN3)n1.